The molecule has 6 rings (SSSR count). The quantitative estimate of drug-likeness (QED) is 0.220. The van der Waals surface area contributed by atoms with Crippen LogP contribution in [-0.2, 0) is 0 Å². The van der Waals surface area contributed by atoms with E-state index in [-0.39, 0.29) is 0 Å². The van der Waals surface area contributed by atoms with Crippen LogP contribution in [0.3, 0.4) is 0 Å². The van der Waals surface area contributed by atoms with E-state index in [1.54, 1.807) is 0 Å². The normalized spacial score (nSPS) is 11.3. The molecule has 0 unspecified atom stereocenters. The molecule has 0 N–H and O–H groups in total. The van der Waals surface area contributed by atoms with Crippen LogP contribution in [0.25, 0.3) is 10.8 Å². The largest absolute Gasteiger partial charge is 0.0622 e. The van der Waals surface area contributed by atoms with Crippen LogP contribution in [-0.4, -0.2) is 0 Å². The molecule has 0 heterocycles. The molecule has 0 nitrogen and oxygen atoms in total. The van der Waals surface area contributed by atoms with Gasteiger partial charge in [-0.2, -0.15) is 0 Å². The zero-order valence-corrected chi connectivity index (χ0v) is 22.6. The molecule has 0 aromatic heterocycles. The number of aryl methyl sites for hydroxylation is 1. The highest BCUT2D eigenvalue weighted by Gasteiger charge is 2.25. The van der Waals surface area contributed by atoms with Crippen LogP contribution < -0.4 is 31.8 Å². The van der Waals surface area contributed by atoms with E-state index >= 15 is 0 Å². The van der Waals surface area contributed by atoms with Gasteiger partial charge in [0.2, 0.25) is 0 Å². The molecule has 0 aliphatic carbocycles. The smallest absolute Gasteiger partial charge is 0.00140 e. The molecule has 0 saturated heterocycles. The summed E-state index contributed by atoms with van der Waals surface area (Å²) >= 11 is 0. The molecule has 0 amide bonds. The summed E-state index contributed by atoms with van der Waals surface area (Å²) in [6.45, 7) is 2.25. The highest BCUT2D eigenvalue weighted by atomic mass is 31.1. The first kappa shape index (κ1) is 23.8. The Labute approximate surface area is 222 Å². The van der Waals surface area contributed by atoms with Crippen LogP contribution in [0.5, 0.6) is 0 Å². The molecule has 0 spiro atoms. The van der Waals surface area contributed by atoms with Crippen molar-refractivity contribution in [3.8, 4) is 0 Å². The second kappa shape index (κ2) is 10.8. The summed E-state index contributed by atoms with van der Waals surface area (Å²) in [4.78, 5) is 0. The third kappa shape index (κ3) is 4.76. The fraction of sp³-hybridized carbons (Fsp3) is 0.0286. The molecule has 0 saturated carbocycles. The Balaban J connectivity index is 1.69. The van der Waals surface area contributed by atoms with Gasteiger partial charge in [0.15, 0.2) is 0 Å². The highest BCUT2D eigenvalue weighted by molar-refractivity contribution is 7.82. The maximum Gasteiger partial charge on any atom is -0.00140 e. The van der Waals surface area contributed by atoms with Gasteiger partial charge in [0.1, 0.15) is 0 Å². The van der Waals surface area contributed by atoms with E-state index in [0.717, 1.165) is 0 Å². The summed E-state index contributed by atoms with van der Waals surface area (Å²) in [5.41, 5.74) is 1.33. The molecule has 178 valence electrons. The molecular weight excluding hydrogens is 482 g/mol. The Morgan fingerprint density at radius 2 is 0.730 bits per heavy atom. The van der Waals surface area contributed by atoms with Crippen molar-refractivity contribution in [3.05, 3.63) is 157 Å². The Morgan fingerprint density at radius 3 is 1.14 bits per heavy atom. The zero-order valence-electron chi connectivity index (χ0n) is 20.8. The standard InChI is InChI=1S/C35H28P2/c1-27-25-26-34(37(30-19-10-4-11-20-30)31-21-12-5-13-22-31)35-32(27)23-14-24-33(35)36(28-15-6-2-7-16-28)29-17-8-3-9-18-29/h2-26H,1H3. The van der Waals surface area contributed by atoms with Gasteiger partial charge >= 0.3 is 0 Å². The second-order valence-corrected chi connectivity index (χ2v) is 13.5. The molecule has 0 aliphatic rings. The Hall–Kier alpha value is -3.56. The van der Waals surface area contributed by atoms with E-state index in [1.165, 1.54) is 48.2 Å². The molecule has 0 aliphatic heterocycles. The zero-order chi connectivity index (χ0) is 25.0. The number of hydrogen-bond acceptors (Lipinski definition) is 0. The van der Waals surface area contributed by atoms with Gasteiger partial charge in [-0.05, 0) is 70.9 Å². The average Bonchev–Trinajstić information content (AvgIpc) is 2.97. The molecule has 6 aromatic rings. The molecule has 0 atom stereocenters. The van der Waals surface area contributed by atoms with Crippen molar-refractivity contribution < 1.29 is 0 Å². The minimum atomic E-state index is -0.727. The predicted octanol–water partition coefficient (Wildman–Crippen LogP) is 6.66. The molecule has 0 radical (unpaired) electrons. The number of hydrogen-bond donors (Lipinski definition) is 0. The number of rotatable bonds is 6. The minimum absolute atomic E-state index is 0.727. The van der Waals surface area contributed by atoms with Crippen LogP contribution >= 0.6 is 15.8 Å². The first-order chi connectivity index (χ1) is 18.3. The summed E-state index contributed by atoms with van der Waals surface area (Å²) < 4.78 is 0. The molecule has 0 fully saturated rings. The van der Waals surface area contributed by atoms with Crippen molar-refractivity contribution in [3.63, 3.8) is 0 Å². The van der Waals surface area contributed by atoms with Crippen molar-refractivity contribution >= 4 is 58.4 Å². The lowest BCUT2D eigenvalue weighted by Gasteiger charge is -2.26. The molecule has 6 aromatic carbocycles. The Morgan fingerprint density at radius 1 is 0.351 bits per heavy atom. The summed E-state index contributed by atoms with van der Waals surface area (Å²) in [5, 5.41) is 11.2. The highest BCUT2D eigenvalue weighted by Crippen LogP contribution is 2.40. The average molecular weight is 511 g/mol. The van der Waals surface area contributed by atoms with Crippen LogP contribution in [0.2, 0.25) is 0 Å². The van der Waals surface area contributed by atoms with Gasteiger partial charge in [-0.1, -0.05) is 152 Å². The minimum Gasteiger partial charge on any atom is -0.0622 e. The van der Waals surface area contributed by atoms with E-state index in [2.05, 4.69) is 159 Å². The SMILES string of the molecule is Cc1ccc(P(c2ccccc2)c2ccccc2)c2c(P(c3ccccc3)c3ccccc3)cccc12. The monoisotopic (exact) mass is 510 g/mol. The van der Waals surface area contributed by atoms with Crippen LogP contribution in [0.1, 0.15) is 5.56 Å². The third-order valence-corrected chi connectivity index (χ3v) is 11.7. The maximum absolute atomic E-state index is 2.40. The fourth-order valence-electron chi connectivity index (χ4n) is 5.05. The van der Waals surface area contributed by atoms with E-state index in [4.69, 9.17) is 0 Å². The van der Waals surface area contributed by atoms with Crippen molar-refractivity contribution in [1.82, 2.24) is 0 Å². The number of benzene rings is 6. The van der Waals surface area contributed by atoms with Gasteiger partial charge in [-0.15, -0.1) is 0 Å². The molecule has 0 bridgehead atoms. The van der Waals surface area contributed by atoms with Crippen molar-refractivity contribution in [2.45, 2.75) is 6.92 Å². The van der Waals surface area contributed by atoms with Crippen LogP contribution in [0, 0.1) is 6.92 Å². The van der Waals surface area contributed by atoms with Gasteiger partial charge in [0.05, 0.1) is 0 Å². The van der Waals surface area contributed by atoms with Gasteiger partial charge in [0.25, 0.3) is 0 Å². The summed E-state index contributed by atoms with van der Waals surface area (Å²) in [6, 6.07) is 55.9. The van der Waals surface area contributed by atoms with Crippen molar-refractivity contribution in [1.29, 1.82) is 0 Å². The summed E-state index contributed by atoms with van der Waals surface area (Å²) in [7, 11) is -1.45. The molecule has 2 heteroatoms. The lowest BCUT2D eigenvalue weighted by atomic mass is 10.1. The topological polar surface area (TPSA) is 0 Å². The first-order valence-corrected chi connectivity index (χ1v) is 15.3. The summed E-state index contributed by atoms with van der Waals surface area (Å²) in [5.74, 6) is 0. The first-order valence-electron chi connectivity index (χ1n) is 12.6. The Bertz CT molecular complexity index is 1440. The van der Waals surface area contributed by atoms with E-state index < -0.39 is 15.8 Å². The Kier molecular flexibility index (Phi) is 6.96. The molecular formula is C35H28P2. The lowest BCUT2D eigenvalue weighted by molar-refractivity contribution is 1.55. The van der Waals surface area contributed by atoms with Gasteiger partial charge < -0.3 is 0 Å². The third-order valence-electron chi connectivity index (χ3n) is 6.75. The van der Waals surface area contributed by atoms with Crippen LogP contribution in [0.15, 0.2) is 152 Å². The van der Waals surface area contributed by atoms with Crippen molar-refractivity contribution in [2.75, 3.05) is 0 Å². The van der Waals surface area contributed by atoms with Gasteiger partial charge in [0, 0.05) is 0 Å². The fourth-order valence-corrected chi connectivity index (χ4v) is 10.1. The lowest BCUT2D eigenvalue weighted by Crippen LogP contribution is -2.27. The van der Waals surface area contributed by atoms with Crippen molar-refractivity contribution in [2.24, 2.45) is 0 Å². The number of fused-ring (bicyclic) bond motifs is 1. The molecule has 37 heavy (non-hydrogen) atoms. The summed E-state index contributed by atoms with van der Waals surface area (Å²) in [6.07, 6.45) is 0. The van der Waals surface area contributed by atoms with E-state index in [1.807, 2.05) is 0 Å². The van der Waals surface area contributed by atoms with E-state index in [9.17, 15) is 0 Å². The van der Waals surface area contributed by atoms with Crippen LogP contribution in [0.4, 0.5) is 0 Å². The predicted molar refractivity (Wildman–Crippen MR) is 166 cm³/mol. The maximum atomic E-state index is 2.40. The second-order valence-electron chi connectivity index (χ2n) is 9.11. The van der Waals surface area contributed by atoms with Gasteiger partial charge in [-0.25, -0.2) is 0 Å². The van der Waals surface area contributed by atoms with E-state index in [0.29, 0.717) is 0 Å². The van der Waals surface area contributed by atoms with Gasteiger partial charge in [-0.3, -0.25) is 0 Å².